The molecule has 0 bridgehead atoms. The van der Waals surface area contributed by atoms with Crippen LogP contribution in [0.2, 0.25) is 0 Å². The Kier molecular flexibility index (Phi) is 3.93. The number of hydrogen-bond donors (Lipinski definition) is 0. The molecule has 0 radical (unpaired) electrons. The molecule has 2 aromatic rings. The zero-order valence-electron chi connectivity index (χ0n) is 10.9. The summed E-state index contributed by atoms with van der Waals surface area (Å²) in [6.45, 7) is 4.32. The first-order valence-electron chi connectivity index (χ1n) is 6.34. The fourth-order valence-electron chi connectivity index (χ4n) is 2.16. The lowest BCUT2D eigenvalue weighted by Crippen LogP contribution is -2.06. The molecule has 0 saturated heterocycles. The summed E-state index contributed by atoms with van der Waals surface area (Å²) in [5.74, 6) is 0.633. The predicted octanol–water partition coefficient (Wildman–Crippen LogP) is 4.24. The number of hydrogen-bond acceptors (Lipinski definition) is 1. The van der Waals surface area contributed by atoms with Crippen molar-refractivity contribution in [2.24, 2.45) is 0 Å². The van der Waals surface area contributed by atoms with Crippen molar-refractivity contribution in [1.29, 1.82) is 0 Å². The Morgan fingerprint density at radius 2 is 1.56 bits per heavy atom. The van der Waals surface area contributed by atoms with Crippen LogP contribution in [0, 0.1) is 0 Å². The van der Waals surface area contributed by atoms with Crippen LogP contribution in [0.25, 0.3) is 0 Å². The molecule has 0 aliphatic carbocycles. The highest BCUT2D eigenvalue weighted by Gasteiger charge is 2.11. The van der Waals surface area contributed by atoms with E-state index in [9.17, 15) is 4.79 Å². The van der Waals surface area contributed by atoms with E-state index in [1.54, 1.807) is 0 Å². The highest BCUT2D eigenvalue weighted by Crippen LogP contribution is 2.20. The summed E-state index contributed by atoms with van der Waals surface area (Å²) in [6.07, 6.45) is 0.484. The van der Waals surface area contributed by atoms with Gasteiger partial charge in [-0.15, -0.1) is 0 Å². The second-order valence-corrected chi connectivity index (χ2v) is 4.82. The Hall–Kier alpha value is -1.89. The maximum Gasteiger partial charge on any atom is 0.167 e. The van der Waals surface area contributed by atoms with Gasteiger partial charge in [0.1, 0.15) is 0 Å². The van der Waals surface area contributed by atoms with Gasteiger partial charge in [0.15, 0.2) is 5.78 Å². The fourth-order valence-corrected chi connectivity index (χ4v) is 2.16. The van der Waals surface area contributed by atoms with Crippen LogP contribution in [-0.4, -0.2) is 5.78 Å². The summed E-state index contributed by atoms with van der Waals surface area (Å²) < 4.78 is 0. The van der Waals surface area contributed by atoms with E-state index < -0.39 is 0 Å². The summed E-state index contributed by atoms with van der Waals surface area (Å²) in [5.41, 5.74) is 3.19. The molecule has 0 N–H and O–H groups in total. The largest absolute Gasteiger partial charge is 0.294 e. The third-order valence-corrected chi connectivity index (χ3v) is 3.12. The molecule has 0 atom stereocenters. The molecule has 2 rings (SSSR count). The van der Waals surface area contributed by atoms with Crippen molar-refractivity contribution in [3.8, 4) is 0 Å². The zero-order valence-corrected chi connectivity index (χ0v) is 10.9. The van der Waals surface area contributed by atoms with Crippen LogP contribution < -0.4 is 0 Å². The molecule has 0 amide bonds. The fraction of sp³-hybridized carbons (Fsp3) is 0.235. The Bertz CT molecular complexity index is 526. The van der Waals surface area contributed by atoms with E-state index in [1.807, 2.05) is 42.5 Å². The number of rotatable bonds is 4. The second kappa shape index (κ2) is 5.63. The van der Waals surface area contributed by atoms with Crippen LogP contribution in [0.5, 0.6) is 0 Å². The normalized spacial score (nSPS) is 10.6. The van der Waals surface area contributed by atoms with Gasteiger partial charge in [-0.25, -0.2) is 0 Å². The van der Waals surface area contributed by atoms with Gasteiger partial charge >= 0.3 is 0 Å². The summed E-state index contributed by atoms with van der Waals surface area (Å²) >= 11 is 0. The molecule has 2 aromatic carbocycles. The lowest BCUT2D eigenvalue weighted by molar-refractivity contribution is 0.0992. The molecule has 0 fully saturated rings. The molecule has 0 saturated carbocycles. The monoisotopic (exact) mass is 238 g/mol. The highest BCUT2D eigenvalue weighted by molar-refractivity contribution is 5.97. The molecule has 0 aliphatic heterocycles. The van der Waals surface area contributed by atoms with Crippen molar-refractivity contribution in [3.05, 3.63) is 71.3 Å². The van der Waals surface area contributed by atoms with Gasteiger partial charge in [0.25, 0.3) is 0 Å². The Balaban J connectivity index is 2.22. The van der Waals surface area contributed by atoms with Crippen LogP contribution in [-0.2, 0) is 6.42 Å². The van der Waals surface area contributed by atoms with Gasteiger partial charge in [0.05, 0.1) is 0 Å². The van der Waals surface area contributed by atoms with Crippen molar-refractivity contribution in [2.75, 3.05) is 0 Å². The minimum Gasteiger partial charge on any atom is -0.294 e. The minimum atomic E-state index is 0.184. The number of Topliss-reactive ketones (excluding diaryl/α,β-unsaturated/α-hetero) is 1. The SMILES string of the molecule is CC(C)c1ccccc1CC(=O)c1ccccc1. The van der Waals surface area contributed by atoms with Crippen molar-refractivity contribution in [1.82, 2.24) is 0 Å². The van der Waals surface area contributed by atoms with E-state index in [0.717, 1.165) is 11.1 Å². The third kappa shape index (κ3) is 2.86. The van der Waals surface area contributed by atoms with E-state index in [4.69, 9.17) is 0 Å². The molecular weight excluding hydrogens is 220 g/mol. The molecule has 0 heterocycles. The molecule has 92 valence electrons. The smallest absolute Gasteiger partial charge is 0.167 e. The number of carbonyl (C=O) groups is 1. The van der Waals surface area contributed by atoms with Crippen molar-refractivity contribution in [3.63, 3.8) is 0 Å². The van der Waals surface area contributed by atoms with Crippen LogP contribution in [0.1, 0.15) is 41.3 Å². The minimum absolute atomic E-state index is 0.184. The molecule has 0 spiro atoms. The lowest BCUT2D eigenvalue weighted by Gasteiger charge is -2.11. The summed E-state index contributed by atoms with van der Waals surface area (Å²) in [7, 11) is 0. The maximum atomic E-state index is 12.2. The van der Waals surface area contributed by atoms with Crippen molar-refractivity contribution in [2.45, 2.75) is 26.2 Å². The van der Waals surface area contributed by atoms with Gasteiger partial charge in [0.2, 0.25) is 0 Å². The van der Waals surface area contributed by atoms with Gasteiger partial charge in [-0.05, 0) is 17.0 Å². The van der Waals surface area contributed by atoms with Crippen molar-refractivity contribution < 1.29 is 4.79 Å². The standard InChI is InChI=1S/C17H18O/c1-13(2)16-11-7-6-10-15(16)12-17(18)14-8-4-3-5-9-14/h3-11,13H,12H2,1-2H3. The first-order chi connectivity index (χ1) is 8.68. The van der Waals surface area contributed by atoms with Gasteiger partial charge in [-0.1, -0.05) is 68.4 Å². The highest BCUT2D eigenvalue weighted by atomic mass is 16.1. The third-order valence-electron chi connectivity index (χ3n) is 3.12. The van der Waals surface area contributed by atoms with E-state index in [0.29, 0.717) is 12.3 Å². The molecule has 0 aromatic heterocycles. The number of benzene rings is 2. The molecule has 0 unspecified atom stereocenters. The van der Waals surface area contributed by atoms with E-state index in [2.05, 4.69) is 26.0 Å². The zero-order chi connectivity index (χ0) is 13.0. The van der Waals surface area contributed by atoms with Crippen LogP contribution in [0.15, 0.2) is 54.6 Å². The molecular formula is C17H18O. The topological polar surface area (TPSA) is 17.1 Å². The van der Waals surface area contributed by atoms with Gasteiger partial charge in [0, 0.05) is 12.0 Å². The summed E-state index contributed by atoms with van der Waals surface area (Å²) in [6, 6.07) is 17.7. The second-order valence-electron chi connectivity index (χ2n) is 4.82. The van der Waals surface area contributed by atoms with E-state index in [-0.39, 0.29) is 5.78 Å². The van der Waals surface area contributed by atoms with E-state index >= 15 is 0 Å². The summed E-state index contributed by atoms with van der Waals surface area (Å²) in [5, 5.41) is 0. The quantitative estimate of drug-likeness (QED) is 0.728. The Morgan fingerprint density at radius 3 is 2.22 bits per heavy atom. The molecule has 1 nitrogen and oxygen atoms in total. The maximum absolute atomic E-state index is 12.2. The van der Waals surface area contributed by atoms with Gasteiger partial charge in [-0.2, -0.15) is 0 Å². The van der Waals surface area contributed by atoms with Crippen LogP contribution in [0.4, 0.5) is 0 Å². The van der Waals surface area contributed by atoms with Crippen molar-refractivity contribution >= 4 is 5.78 Å². The van der Waals surface area contributed by atoms with Crippen LogP contribution >= 0.6 is 0 Å². The Morgan fingerprint density at radius 1 is 0.944 bits per heavy atom. The molecule has 1 heteroatoms. The molecule has 18 heavy (non-hydrogen) atoms. The van der Waals surface area contributed by atoms with E-state index in [1.165, 1.54) is 5.56 Å². The van der Waals surface area contributed by atoms with Crippen LogP contribution in [0.3, 0.4) is 0 Å². The summed E-state index contributed by atoms with van der Waals surface area (Å²) in [4.78, 5) is 12.2. The molecule has 0 aliphatic rings. The Labute approximate surface area is 108 Å². The lowest BCUT2D eigenvalue weighted by atomic mass is 9.93. The number of ketones is 1. The average Bonchev–Trinajstić information content (AvgIpc) is 2.40. The predicted molar refractivity (Wildman–Crippen MR) is 75.0 cm³/mol. The van der Waals surface area contributed by atoms with Gasteiger partial charge in [-0.3, -0.25) is 4.79 Å². The first-order valence-corrected chi connectivity index (χ1v) is 6.34. The number of carbonyl (C=O) groups excluding carboxylic acids is 1. The van der Waals surface area contributed by atoms with Gasteiger partial charge < -0.3 is 0 Å². The average molecular weight is 238 g/mol. The first kappa shape index (κ1) is 12.6.